The van der Waals surface area contributed by atoms with Crippen molar-refractivity contribution >= 4 is 23.6 Å². The summed E-state index contributed by atoms with van der Waals surface area (Å²) in [6.45, 7) is 7.53. The quantitative estimate of drug-likeness (QED) is 0.523. The molecule has 0 aliphatic carbocycles. The summed E-state index contributed by atoms with van der Waals surface area (Å²) < 4.78 is 5.46. The molecule has 1 aromatic carbocycles. The van der Waals surface area contributed by atoms with Gasteiger partial charge in [0.2, 0.25) is 11.8 Å². The van der Waals surface area contributed by atoms with E-state index in [0.717, 1.165) is 24.0 Å². The maximum atomic E-state index is 12.9. The Hall–Kier alpha value is -3.07. The standard InChI is InChI=1S/C22H26ClN7O2/c1-14(2)21-24-22(32-27-21)17-5-4-10-29(12-17)20(31)9-7-16-6-8-19(23)11-18(16)13-30-26-15(3)25-28-30/h6-9,11,14,17H,4-5,10,12-13H2,1-3H3. The van der Waals surface area contributed by atoms with Crippen molar-refractivity contribution < 1.29 is 9.32 Å². The van der Waals surface area contributed by atoms with E-state index in [1.165, 1.54) is 4.80 Å². The van der Waals surface area contributed by atoms with Crippen LogP contribution in [-0.4, -0.2) is 54.2 Å². The number of carbonyl (C=O) groups excluding carboxylic acids is 1. The third kappa shape index (κ3) is 5.21. The lowest BCUT2D eigenvalue weighted by molar-refractivity contribution is -0.127. The van der Waals surface area contributed by atoms with Gasteiger partial charge in [0.05, 0.1) is 12.5 Å². The molecule has 1 saturated heterocycles. The summed E-state index contributed by atoms with van der Waals surface area (Å²) in [6, 6.07) is 5.54. The Morgan fingerprint density at radius 3 is 2.94 bits per heavy atom. The van der Waals surface area contributed by atoms with Gasteiger partial charge in [0, 0.05) is 30.1 Å². The van der Waals surface area contributed by atoms with E-state index >= 15 is 0 Å². The van der Waals surface area contributed by atoms with Crippen molar-refractivity contribution in [3.05, 3.63) is 58.0 Å². The number of amides is 1. The van der Waals surface area contributed by atoms with Crippen molar-refractivity contribution in [2.75, 3.05) is 13.1 Å². The van der Waals surface area contributed by atoms with Gasteiger partial charge >= 0.3 is 0 Å². The number of hydrogen-bond acceptors (Lipinski definition) is 7. The number of likely N-dealkylation sites (tertiary alicyclic amines) is 1. The van der Waals surface area contributed by atoms with Crippen molar-refractivity contribution in [1.82, 2.24) is 35.2 Å². The highest BCUT2D eigenvalue weighted by molar-refractivity contribution is 6.30. The summed E-state index contributed by atoms with van der Waals surface area (Å²) in [7, 11) is 0. The highest BCUT2D eigenvalue weighted by atomic mass is 35.5. The number of rotatable bonds is 6. The zero-order valence-corrected chi connectivity index (χ0v) is 19.2. The first kappa shape index (κ1) is 22.1. The second-order valence-electron chi connectivity index (χ2n) is 8.31. The van der Waals surface area contributed by atoms with E-state index < -0.39 is 0 Å². The Morgan fingerprint density at radius 1 is 1.38 bits per heavy atom. The van der Waals surface area contributed by atoms with Gasteiger partial charge in [-0.1, -0.05) is 36.7 Å². The van der Waals surface area contributed by atoms with E-state index in [0.29, 0.717) is 42.2 Å². The zero-order chi connectivity index (χ0) is 22.7. The summed E-state index contributed by atoms with van der Waals surface area (Å²) in [4.78, 5) is 20.8. The molecule has 3 heterocycles. The summed E-state index contributed by atoms with van der Waals surface area (Å²) in [6.07, 6.45) is 5.24. The smallest absolute Gasteiger partial charge is 0.246 e. The Morgan fingerprint density at radius 2 is 2.22 bits per heavy atom. The summed E-state index contributed by atoms with van der Waals surface area (Å²) in [5.41, 5.74) is 1.78. The van der Waals surface area contributed by atoms with Gasteiger partial charge in [-0.2, -0.15) is 9.78 Å². The number of aryl methyl sites for hydroxylation is 1. The van der Waals surface area contributed by atoms with E-state index in [1.807, 2.05) is 37.0 Å². The van der Waals surface area contributed by atoms with Crippen LogP contribution in [-0.2, 0) is 11.3 Å². The van der Waals surface area contributed by atoms with E-state index in [4.69, 9.17) is 16.1 Å². The van der Waals surface area contributed by atoms with Gasteiger partial charge in [0.1, 0.15) is 0 Å². The number of tetrazole rings is 1. The van der Waals surface area contributed by atoms with E-state index in [9.17, 15) is 4.79 Å². The fourth-order valence-electron chi connectivity index (χ4n) is 3.71. The predicted molar refractivity (Wildman–Crippen MR) is 119 cm³/mol. The molecule has 0 radical (unpaired) electrons. The molecule has 1 unspecified atom stereocenters. The molecular formula is C22H26ClN7O2. The maximum Gasteiger partial charge on any atom is 0.246 e. The second-order valence-corrected chi connectivity index (χ2v) is 8.75. The molecule has 0 bridgehead atoms. The average Bonchev–Trinajstić information content (AvgIpc) is 3.42. The third-order valence-electron chi connectivity index (χ3n) is 5.43. The summed E-state index contributed by atoms with van der Waals surface area (Å²) >= 11 is 6.18. The lowest BCUT2D eigenvalue weighted by Gasteiger charge is -2.30. The maximum absolute atomic E-state index is 12.9. The number of carbonyl (C=O) groups is 1. The van der Waals surface area contributed by atoms with Crippen molar-refractivity contribution in [3.8, 4) is 0 Å². The van der Waals surface area contributed by atoms with Crippen molar-refractivity contribution in [3.63, 3.8) is 0 Å². The second kappa shape index (κ2) is 9.60. The number of aromatic nitrogens is 6. The number of halogens is 1. The molecule has 2 aromatic heterocycles. The molecule has 0 saturated carbocycles. The minimum absolute atomic E-state index is 0.0473. The SMILES string of the molecule is Cc1nnn(Cc2cc(Cl)ccc2C=CC(=O)N2CCCC(c3nc(C(C)C)no3)C2)n1. The van der Waals surface area contributed by atoms with Crippen LogP contribution in [0.25, 0.3) is 6.08 Å². The minimum atomic E-state index is -0.0473. The zero-order valence-electron chi connectivity index (χ0n) is 18.4. The molecule has 32 heavy (non-hydrogen) atoms. The molecule has 3 aromatic rings. The number of piperidine rings is 1. The lowest BCUT2D eigenvalue weighted by atomic mass is 9.97. The van der Waals surface area contributed by atoms with Gasteiger partial charge in [0.25, 0.3) is 0 Å². The molecule has 168 valence electrons. The number of hydrogen-bond donors (Lipinski definition) is 0. The summed E-state index contributed by atoms with van der Waals surface area (Å²) in [5, 5.41) is 16.8. The van der Waals surface area contributed by atoms with Gasteiger partial charge in [-0.05, 0) is 54.3 Å². The molecule has 1 aliphatic rings. The first-order valence-corrected chi connectivity index (χ1v) is 11.1. The number of benzene rings is 1. The molecule has 1 amide bonds. The average molecular weight is 456 g/mol. The van der Waals surface area contributed by atoms with Crippen LogP contribution in [0.5, 0.6) is 0 Å². The van der Waals surface area contributed by atoms with E-state index in [1.54, 1.807) is 19.1 Å². The molecule has 1 atom stereocenters. The van der Waals surface area contributed by atoms with Crippen molar-refractivity contribution in [2.24, 2.45) is 0 Å². The summed E-state index contributed by atoms with van der Waals surface area (Å²) in [5.74, 6) is 2.15. The van der Waals surface area contributed by atoms with Crippen LogP contribution in [0.1, 0.15) is 67.2 Å². The fourth-order valence-corrected chi connectivity index (χ4v) is 3.90. The molecule has 0 spiro atoms. The Kier molecular flexibility index (Phi) is 6.64. The Bertz CT molecular complexity index is 1120. The van der Waals surface area contributed by atoms with Crippen LogP contribution in [0.2, 0.25) is 5.02 Å². The first-order chi connectivity index (χ1) is 15.4. The van der Waals surface area contributed by atoms with Crippen LogP contribution in [0, 0.1) is 6.92 Å². The molecular weight excluding hydrogens is 430 g/mol. The van der Waals surface area contributed by atoms with Gasteiger partial charge in [0.15, 0.2) is 11.6 Å². The highest BCUT2D eigenvalue weighted by Crippen LogP contribution is 2.27. The molecule has 1 fully saturated rings. The Labute approximate surface area is 191 Å². The fraction of sp³-hybridized carbons (Fsp3) is 0.455. The molecule has 9 nitrogen and oxygen atoms in total. The lowest BCUT2D eigenvalue weighted by Crippen LogP contribution is -2.38. The topological polar surface area (TPSA) is 103 Å². The van der Waals surface area contributed by atoms with Gasteiger partial charge in [-0.15, -0.1) is 10.2 Å². The van der Waals surface area contributed by atoms with Crippen LogP contribution >= 0.6 is 11.6 Å². The van der Waals surface area contributed by atoms with Crippen molar-refractivity contribution in [1.29, 1.82) is 0 Å². The van der Waals surface area contributed by atoms with Gasteiger partial charge in [-0.25, -0.2) is 0 Å². The van der Waals surface area contributed by atoms with Crippen LogP contribution in [0.15, 0.2) is 28.8 Å². The van der Waals surface area contributed by atoms with Crippen LogP contribution < -0.4 is 0 Å². The normalized spacial score (nSPS) is 16.9. The highest BCUT2D eigenvalue weighted by Gasteiger charge is 2.28. The number of nitrogens with zero attached hydrogens (tertiary/aromatic N) is 7. The van der Waals surface area contributed by atoms with E-state index in [2.05, 4.69) is 25.6 Å². The largest absolute Gasteiger partial charge is 0.339 e. The minimum Gasteiger partial charge on any atom is -0.339 e. The predicted octanol–water partition coefficient (Wildman–Crippen LogP) is 3.61. The third-order valence-corrected chi connectivity index (χ3v) is 5.67. The first-order valence-electron chi connectivity index (χ1n) is 10.7. The van der Waals surface area contributed by atoms with Crippen LogP contribution in [0.4, 0.5) is 0 Å². The van der Waals surface area contributed by atoms with E-state index in [-0.39, 0.29) is 17.7 Å². The molecule has 10 heteroatoms. The monoisotopic (exact) mass is 455 g/mol. The van der Waals surface area contributed by atoms with Gasteiger partial charge in [-0.3, -0.25) is 4.79 Å². The molecule has 1 aliphatic heterocycles. The van der Waals surface area contributed by atoms with Gasteiger partial charge < -0.3 is 9.42 Å². The molecule has 4 rings (SSSR count). The van der Waals surface area contributed by atoms with Crippen molar-refractivity contribution in [2.45, 2.75) is 52.0 Å². The van der Waals surface area contributed by atoms with Crippen LogP contribution in [0.3, 0.4) is 0 Å². The molecule has 0 N–H and O–H groups in total. The Balaban J connectivity index is 1.45.